The largest absolute Gasteiger partial charge is 0.456 e. The molecule has 0 aliphatic carbocycles. The molecule has 12 rings (SSSR count). The molecular weight excluding hydrogens is 729 g/mol. The smallest absolute Gasteiger partial charge is 0.169 e. The molecule has 0 saturated heterocycles. The van der Waals surface area contributed by atoms with Gasteiger partial charge in [0.2, 0.25) is 0 Å². The van der Waals surface area contributed by atoms with Gasteiger partial charge in [0, 0.05) is 63.8 Å². The highest BCUT2D eigenvalue weighted by Crippen LogP contribution is 2.44. The summed E-state index contributed by atoms with van der Waals surface area (Å²) in [5, 5.41) is 11.9. The van der Waals surface area contributed by atoms with Crippen LogP contribution in [0.15, 0.2) is 196 Å². The van der Waals surface area contributed by atoms with E-state index in [1.54, 1.807) is 0 Å². The monoisotopic (exact) mass is 760 g/mol. The Morgan fingerprint density at radius 2 is 1.07 bits per heavy atom. The number of thiophene rings is 1. The Morgan fingerprint density at radius 1 is 0.431 bits per heavy atom. The van der Waals surface area contributed by atoms with Gasteiger partial charge in [-0.15, -0.1) is 11.3 Å². The van der Waals surface area contributed by atoms with Crippen molar-refractivity contribution in [2.24, 2.45) is 9.98 Å². The summed E-state index contributed by atoms with van der Waals surface area (Å²) >= 11 is 1.85. The lowest BCUT2D eigenvalue weighted by Crippen LogP contribution is -2.36. The van der Waals surface area contributed by atoms with Crippen LogP contribution in [0.25, 0.3) is 86.2 Å². The number of furan rings is 1. The Kier molecular flexibility index (Phi) is 7.40. The molecule has 8 aromatic carbocycles. The number of para-hydroxylation sites is 2. The highest BCUT2D eigenvalue weighted by Gasteiger charge is 2.22. The van der Waals surface area contributed by atoms with E-state index in [2.05, 4.69) is 151 Å². The third-order valence-corrected chi connectivity index (χ3v) is 12.5. The fraction of sp³-hybridized carbons (Fsp3) is 0.0192. The van der Waals surface area contributed by atoms with Gasteiger partial charge in [0.15, 0.2) is 6.17 Å². The first-order valence-electron chi connectivity index (χ1n) is 19.5. The minimum absolute atomic E-state index is 0.428. The maximum absolute atomic E-state index is 6.26. The summed E-state index contributed by atoms with van der Waals surface area (Å²) in [5.74, 6) is 1.54. The van der Waals surface area contributed by atoms with Crippen LogP contribution < -0.4 is 5.32 Å². The van der Waals surface area contributed by atoms with Gasteiger partial charge in [-0.1, -0.05) is 140 Å². The van der Waals surface area contributed by atoms with E-state index in [0.717, 1.165) is 72.6 Å². The van der Waals surface area contributed by atoms with Crippen LogP contribution in [0, 0.1) is 0 Å². The van der Waals surface area contributed by atoms with Gasteiger partial charge < -0.3 is 9.73 Å². The van der Waals surface area contributed by atoms with Gasteiger partial charge >= 0.3 is 0 Å². The van der Waals surface area contributed by atoms with Crippen LogP contribution >= 0.6 is 11.3 Å². The second-order valence-corrected chi connectivity index (χ2v) is 15.9. The normalized spacial score (nSPS) is 14.4. The summed E-state index contributed by atoms with van der Waals surface area (Å²) < 4.78 is 8.80. The molecule has 58 heavy (non-hydrogen) atoms. The average Bonchev–Trinajstić information content (AvgIpc) is 3.87. The van der Waals surface area contributed by atoms with E-state index in [1.807, 2.05) is 47.7 Å². The van der Waals surface area contributed by atoms with Crippen LogP contribution in [-0.2, 0) is 0 Å². The number of aliphatic imine (C=N–C) groups is 2. The minimum atomic E-state index is -0.428. The minimum Gasteiger partial charge on any atom is -0.456 e. The molecule has 1 unspecified atom stereocenters. The van der Waals surface area contributed by atoms with Crippen LogP contribution in [0.5, 0.6) is 0 Å². The van der Waals surface area contributed by atoms with Gasteiger partial charge in [0.05, 0.1) is 11.2 Å². The van der Waals surface area contributed by atoms with E-state index in [1.165, 1.54) is 41.9 Å². The van der Waals surface area contributed by atoms with Crippen molar-refractivity contribution in [3.05, 3.63) is 199 Å². The summed E-state index contributed by atoms with van der Waals surface area (Å²) in [4.78, 5) is 15.5. The molecule has 0 radical (unpaired) electrons. The summed E-state index contributed by atoms with van der Waals surface area (Å²) in [5.41, 5.74) is 10.1. The van der Waals surface area contributed by atoms with E-state index in [9.17, 15) is 0 Å². The van der Waals surface area contributed by atoms with Crippen molar-refractivity contribution >= 4 is 86.8 Å². The number of hydrogen-bond acceptors (Lipinski definition) is 6. The van der Waals surface area contributed by atoms with Gasteiger partial charge in [-0.25, -0.2) is 15.0 Å². The maximum atomic E-state index is 6.26. The zero-order chi connectivity index (χ0) is 38.2. The number of nitrogens with one attached hydrogen (secondary N) is 1. The topological polar surface area (TPSA) is 62.8 Å². The third kappa shape index (κ3) is 5.34. The average molecular weight is 761 g/mol. The Labute approximate surface area is 337 Å². The molecule has 3 aromatic heterocycles. The molecule has 0 bridgehead atoms. The number of benzene rings is 8. The van der Waals surface area contributed by atoms with E-state index in [-0.39, 0.29) is 0 Å². The fourth-order valence-corrected chi connectivity index (χ4v) is 9.61. The number of amidine groups is 2. The summed E-state index contributed by atoms with van der Waals surface area (Å²) in [6.07, 6.45) is -0.428. The second-order valence-electron chi connectivity index (χ2n) is 14.8. The fourth-order valence-electron chi connectivity index (χ4n) is 8.51. The molecule has 272 valence electrons. The Morgan fingerprint density at radius 3 is 1.90 bits per heavy atom. The van der Waals surface area contributed by atoms with E-state index < -0.39 is 6.17 Å². The molecule has 0 spiro atoms. The maximum Gasteiger partial charge on any atom is 0.169 e. The number of rotatable bonds is 5. The first-order chi connectivity index (χ1) is 28.7. The molecule has 1 aliphatic rings. The molecule has 1 N–H and O–H groups in total. The molecule has 5 nitrogen and oxygen atoms in total. The summed E-state index contributed by atoms with van der Waals surface area (Å²) in [6, 6.07) is 63.9. The van der Waals surface area contributed by atoms with E-state index >= 15 is 0 Å². The Bertz CT molecular complexity index is 3470. The second kappa shape index (κ2) is 13.1. The molecule has 0 amide bonds. The number of fused-ring (bicyclic) bond motifs is 10. The summed E-state index contributed by atoms with van der Waals surface area (Å²) in [6.45, 7) is 0. The van der Waals surface area contributed by atoms with Gasteiger partial charge in [-0.3, -0.25) is 0 Å². The number of pyridine rings is 1. The molecule has 1 atom stereocenters. The van der Waals surface area contributed by atoms with Crippen LogP contribution in [0.2, 0.25) is 0 Å². The Hall–Kier alpha value is -7.41. The predicted molar refractivity (Wildman–Crippen MR) is 242 cm³/mol. The Balaban J connectivity index is 0.957. The van der Waals surface area contributed by atoms with Crippen molar-refractivity contribution in [2.75, 3.05) is 0 Å². The predicted octanol–water partition coefficient (Wildman–Crippen LogP) is 13.5. The lowest BCUT2D eigenvalue weighted by atomic mass is 9.95. The highest BCUT2D eigenvalue weighted by molar-refractivity contribution is 7.26. The molecule has 4 heterocycles. The van der Waals surface area contributed by atoms with Crippen LogP contribution in [0.1, 0.15) is 22.9 Å². The van der Waals surface area contributed by atoms with Crippen molar-refractivity contribution in [1.82, 2.24) is 10.3 Å². The van der Waals surface area contributed by atoms with E-state index in [0.29, 0.717) is 0 Å². The van der Waals surface area contributed by atoms with Crippen LogP contribution in [-0.4, -0.2) is 16.7 Å². The van der Waals surface area contributed by atoms with Gasteiger partial charge in [-0.2, -0.15) is 0 Å². The van der Waals surface area contributed by atoms with Crippen molar-refractivity contribution in [3.63, 3.8) is 0 Å². The van der Waals surface area contributed by atoms with Crippen molar-refractivity contribution in [1.29, 1.82) is 0 Å². The highest BCUT2D eigenvalue weighted by atomic mass is 32.1. The van der Waals surface area contributed by atoms with Crippen molar-refractivity contribution in [3.8, 4) is 22.4 Å². The molecule has 1 aliphatic heterocycles. The number of hydrogen-bond donors (Lipinski definition) is 1. The molecule has 6 heteroatoms. The molecule has 11 aromatic rings. The van der Waals surface area contributed by atoms with Gasteiger partial charge in [0.25, 0.3) is 0 Å². The first kappa shape index (κ1) is 32.8. The first-order valence-corrected chi connectivity index (χ1v) is 20.3. The third-order valence-electron chi connectivity index (χ3n) is 11.3. The zero-order valence-electron chi connectivity index (χ0n) is 31.1. The lowest BCUT2D eigenvalue weighted by molar-refractivity contribution is 0.668. The van der Waals surface area contributed by atoms with Crippen molar-refractivity contribution in [2.45, 2.75) is 6.17 Å². The summed E-state index contributed by atoms with van der Waals surface area (Å²) in [7, 11) is 0. The van der Waals surface area contributed by atoms with Gasteiger partial charge in [-0.05, 0) is 59.2 Å². The van der Waals surface area contributed by atoms with Gasteiger partial charge in [0.1, 0.15) is 22.8 Å². The van der Waals surface area contributed by atoms with Crippen molar-refractivity contribution < 1.29 is 4.42 Å². The molecular formula is C52H32N4OS. The molecule has 0 saturated carbocycles. The van der Waals surface area contributed by atoms with E-state index in [4.69, 9.17) is 19.4 Å². The SMILES string of the molecule is c1ccc(C2=NC(c3ccc(-c4ccc5sc6ccc7c(-c8ccccc8)nc8ccccc8c7c6c5c4)cc3)N=C(c3ccc4c(c3)oc3ccccc34)N2)cc1. The lowest BCUT2D eigenvalue weighted by Gasteiger charge is -2.22. The van der Waals surface area contributed by atoms with Crippen LogP contribution in [0.3, 0.4) is 0 Å². The number of nitrogens with zero attached hydrogens (tertiary/aromatic N) is 3. The zero-order valence-corrected chi connectivity index (χ0v) is 31.9. The number of aromatic nitrogens is 1. The standard InChI is InChI=1S/C52H32N4OS/c1-3-11-32(12-4-1)49-40-26-28-46-48(47(40)39-16-7-9-17-42(39)53-49)41-29-35(24-27-45(41)58-46)31-19-21-34(22-20-31)51-54-50(33-13-5-2-6-14-33)55-52(56-51)36-23-25-38-37-15-8-10-18-43(37)57-44(38)30-36/h1-30,51H,(H,54,55,56). The van der Waals surface area contributed by atoms with Crippen LogP contribution in [0.4, 0.5) is 0 Å². The quantitative estimate of drug-likeness (QED) is 0.178. The molecule has 0 fully saturated rings.